The van der Waals surface area contributed by atoms with Crippen LogP contribution in [0, 0.1) is 6.92 Å². The van der Waals surface area contributed by atoms with E-state index in [1.54, 1.807) is 0 Å². The number of hydrogen-bond donors (Lipinski definition) is 1. The van der Waals surface area contributed by atoms with E-state index in [4.69, 9.17) is 0 Å². The van der Waals surface area contributed by atoms with E-state index in [0.29, 0.717) is 0 Å². The van der Waals surface area contributed by atoms with E-state index in [-0.39, 0.29) is 5.76 Å². The van der Waals surface area contributed by atoms with Gasteiger partial charge in [0.15, 0.2) is 5.82 Å². The van der Waals surface area contributed by atoms with Crippen LogP contribution in [0.4, 0.5) is 32.2 Å². The molecule has 11 heteroatoms. The van der Waals surface area contributed by atoms with E-state index in [1.165, 1.54) is 12.2 Å². The van der Waals surface area contributed by atoms with Crippen LogP contribution >= 0.6 is 11.6 Å². The van der Waals surface area contributed by atoms with E-state index in [1.807, 2.05) is 0 Å². The molecule has 0 saturated heterocycles. The molecule has 4 nitrogen and oxygen atoms in total. The van der Waals surface area contributed by atoms with E-state index in [0.717, 1.165) is 6.07 Å². The molecule has 0 unspecified atom stereocenters. The highest BCUT2D eigenvalue weighted by atomic mass is 35.5. The van der Waals surface area contributed by atoms with Crippen LogP contribution in [0.25, 0.3) is 0 Å². The molecule has 0 radical (unpaired) electrons. The largest absolute Gasteiger partial charge is 0.395 e. The summed E-state index contributed by atoms with van der Waals surface area (Å²) in [4.78, 5) is 10.9. The molecule has 1 amide bonds. The molecule has 0 aliphatic carbocycles. The Hall–Kier alpha value is -1.45. The number of hydrogen-bond acceptors (Lipinski definition) is 3. The number of carbonyl (C=O) groups is 1. The zero-order chi connectivity index (χ0) is 15.1. The first-order valence-corrected chi connectivity index (χ1v) is 4.84. The summed E-state index contributed by atoms with van der Waals surface area (Å²) >= 11 is 3.88. The summed E-state index contributed by atoms with van der Waals surface area (Å²) in [6.07, 6.45) is 0. The van der Waals surface area contributed by atoms with Crippen molar-refractivity contribution in [3.63, 3.8) is 0 Å². The lowest BCUT2D eigenvalue weighted by molar-refractivity contribution is -0.266. The number of aromatic nitrogens is 1. The molecule has 0 saturated carbocycles. The molecule has 0 aliphatic heterocycles. The van der Waals surface area contributed by atoms with Crippen molar-refractivity contribution in [2.75, 3.05) is 5.32 Å². The van der Waals surface area contributed by atoms with Gasteiger partial charge in [0.25, 0.3) is 0 Å². The predicted molar refractivity (Wildman–Crippen MR) is 50.6 cm³/mol. The van der Waals surface area contributed by atoms with Gasteiger partial charge in [0, 0.05) is 6.07 Å². The number of amides is 1. The number of carbonyl (C=O) groups excluding carboxylic acids is 1. The molecule has 0 aromatic carbocycles. The van der Waals surface area contributed by atoms with Gasteiger partial charge in [0.05, 0.1) is 0 Å². The van der Waals surface area contributed by atoms with Crippen LogP contribution in [-0.2, 0) is 4.79 Å². The van der Waals surface area contributed by atoms with Gasteiger partial charge in [-0.15, -0.1) is 0 Å². The second-order valence-corrected chi connectivity index (χ2v) is 3.90. The topological polar surface area (TPSA) is 55.1 Å². The average molecular weight is 311 g/mol. The second-order valence-electron chi connectivity index (χ2n) is 3.42. The van der Waals surface area contributed by atoms with Crippen molar-refractivity contribution in [2.24, 2.45) is 0 Å². The van der Waals surface area contributed by atoms with Crippen LogP contribution in [-0.4, -0.2) is 28.3 Å². The zero-order valence-electron chi connectivity index (χ0n) is 8.99. The summed E-state index contributed by atoms with van der Waals surface area (Å²) in [5.74, 6) is -15.1. The minimum absolute atomic E-state index is 0.0769. The van der Waals surface area contributed by atoms with Gasteiger partial charge in [0.2, 0.25) is 0 Å². The summed E-state index contributed by atoms with van der Waals surface area (Å²) in [6, 6.07) is 0.922. The quantitative estimate of drug-likeness (QED) is 0.687. The highest BCUT2D eigenvalue weighted by Gasteiger charge is 2.74. The standard InChI is InChI=1S/C8H5ClF6N2O2/c1-3-2-4(17-19-3)16-5(18)6(10,11)7(12,13)8(9,14)15/h2H,1H3,(H,16,17,18). The first-order chi connectivity index (χ1) is 8.39. The van der Waals surface area contributed by atoms with Crippen LogP contribution in [0.15, 0.2) is 10.6 Å². The van der Waals surface area contributed by atoms with Gasteiger partial charge in [-0.1, -0.05) is 5.16 Å². The van der Waals surface area contributed by atoms with Crippen LogP contribution in [0.3, 0.4) is 0 Å². The fraction of sp³-hybridized carbons (Fsp3) is 0.500. The van der Waals surface area contributed by atoms with E-state index in [2.05, 4.69) is 21.3 Å². The molecule has 1 heterocycles. The Kier molecular flexibility index (Phi) is 3.76. The van der Waals surface area contributed by atoms with Crippen LogP contribution in [0.2, 0.25) is 0 Å². The first kappa shape index (κ1) is 15.6. The minimum atomic E-state index is -6.08. The fourth-order valence-corrected chi connectivity index (χ4v) is 1.06. The maximum atomic E-state index is 13.0. The van der Waals surface area contributed by atoms with Crippen molar-refractivity contribution >= 4 is 23.3 Å². The Balaban J connectivity index is 2.97. The van der Waals surface area contributed by atoms with Gasteiger partial charge >= 0.3 is 23.1 Å². The van der Waals surface area contributed by atoms with E-state index >= 15 is 0 Å². The highest BCUT2D eigenvalue weighted by molar-refractivity contribution is 6.22. The number of alkyl halides is 7. The summed E-state index contributed by atoms with van der Waals surface area (Å²) < 4.78 is 80.3. The molecule has 1 aromatic heterocycles. The van der Waals surface area contributed by atoms with Crippen molar-refractivity contribution in [1.82, 2.24) is 5.16 Å². The number of halogens is 7. The average Bonchev–Trinajstić information content (AvgIpc) is 2.61. The fourth-order valence-electron chi connectivity index (χ4n) is 0.941. The van der Waals surface area contributed by atoms with E-state index in [9.17, 15) is 31.1 Å². The molecule has 108 valence electrons. The van der Waals surface area contributed by atoms with Gasteiger partial charge in [-0.05, 0) is 18.5 Å². The Labute approximate surface area is 106 Å². The van der Waals surface area contributed by atoms with Crippen LogP contribution in [0.1, 0.15) is 5.76 Å². The van der Waals surface area contributed by atoms with Crippen molar-refractivity contribution in [3.05, 3.63) is 11.8 Å². The molecular weight excluding hydrogens is 306 g/mol. The molecule has 1 N–H and O–H groups in total. The summed E-state index contributed by atoms with van der Waals surface area (Å²) in [7, 11) is 0. The summed E-state index contributed by atoms with van der Waals surface area (Å²) in [5, 5.41) is -1.38. The van der Waals surface area contributed by atoms with Crippen molar-refractivity contribution in [1.29, 1.82) is 0 Å². The molecule has 19 heavy (non-hydrogen) atoms. The number of nitrogens with zero attached hydrogens (tertiary/aromatic N) is 1. The molecule has 1 aromatic rings. The number of aryl methyl sites for hydroxylation is 1. The normalized spacial score (nSPS) is 13.5. The lowest BCUT2D eigenvalue weighted by Gasteiger charge is -2.27. The third-order valence-corrected chi connectivity index (χ3v) is 2.14. The Bertz CT molecular complexity index is 484. The molecule has 0 aliphatic rings. The van der Waals surface area contributed by atoms with Gasteiger partial charge in [-0.3, -0.25) is 4.79 Å². The third kappa shape index (κ3) is 2.77. The lowest BCUT2D eigenvalue weighted by Crippen LogP contribution is -2.57. The van der Waals surface area contributed by atoms with Crippen LogP contribution in [0.5, 0.6) is 0 Å². The number of rotatable bonds is 4. The second kappa shape index (κ2) is 4.58. The third-order valence-electron chi connectivity index (χ3n) is 1.91. The maximum Gasteiger partial charge on any atom is 0.395 e. The number of nitrogens with one attached hydrogen (secondary N) is 1. The van der Waals surface area contributed by atoms with E-state index < -0.39 is 29.0 Å². The summed E-state index contributed by atoms with van der Waals surface area (Å²) in [6.45, 7) is 1.32. The highest BCUT2D eigenvalue weighted by Crippen LogP contribution is 2.48. The first-order valence-electron chi connectivity index (χ1n) is 4.46. The van der Waals surface area contributed by atoms with Gasteiger partial charge < -0.3 is 9.84 Å². The molecule has 0 bridgehead atoms. The Morgan fingerprint density at radius 1 is 1.32 bits per heavy atom. The smallest absolute Gasteiger partial charge is 0.360 e. The minimum Gasteiger partial charge on any atom is -0.360 e. The predicted octanol–water partition coefficient (Wildman–Crippen LogP) is 3.02. The van der Waals surface area contributed by atoms with Gasteiger partial charge in [-0.2, -0.15) is 26.3 Å². The molecule has 1 rings (SSSR count). The van der Waals surface area contributed by atoms with Crippen molar-refractivity contribution in [3.8, 4) is 0 Å². The Morgan fingerprint density at radius 2 is 1.84 bits per heavy atom. The molecule has 0 spiro atoms. The molecular formula is C8H5ClF6N2O2. The molecule has 0 fully saturated rings. The van der Waals surface area contributed by atoms with Crippen LogP contribution < -0.4 is 5.32 Å². The maximum absolute atomic E-state index is 13.0. The van der Waals surface area contributed by atoms with Crippen molar-refractivity contribution < 1.29 is 35.7 Å². The SMILES string of the molecule is Cc1cc(NC(=O)C(F)(F)C(F)(F)C(F)(F)Cl)no1. The van der Waals surface area contributed by atoms with Gasteiger partial charge in [-0.25, -0.2) is 0 Å². The zero-order valence-corrected chi connectivity index (χ0v) is 9.74. The number of anilines is 1. The Morgan fingerprint density at radius 3 is 2.21 bits per heavy atom. The monoisotopic (exact) mass is 310 g/mol. The van der Waals surface area contributed by atoms with Gasteiger partial charge in [0.1, 0.15) is 5.76 Å². The van der Waals surface area contributed by atoms with Crippen molar-refractivity contribution in [2.45, 2.75) is 24.2 Å². The summed E-state index contributed by atoms with van der Waals surface area (Å²) in [5.41, 5.74) is 0. The molecule has 0 atom stereocenters. The lowest BCUT2D eigenvalue weighted by atomic mass is 10.1.